The number of benzene rings is 1. The lowest BCUT2D eigenvalue weighted by Gasteiger charge is -2.26. The quantitative estimate of drug-likeness (QED) is 0.804. The van der Waals surface area contributed by atoms with Crippen LogP contribution in [-0.4, -0.2) is 25.5 Å². The maximum atomic E-state index is 13.3. The smallest absolute Gasteiger partial charge is 0.160 e. The van der Waals surface area contributed by atoms with Gasteiger partial charge in [-0.05, 0) is 38.4 Å². The van der Waals surface area contributed by atoms with Gasteiger partial charge in [0.05, 0.1) is 6.26 Å². The Kier molecular flexibility index (Phi) is 4.79. The highest BCUT2D eigenvalue weighted by molar-refractivity contribution is 5.23. The van der Waals surface area contributed by atoms with Gasteiger partial charge in [-0.2, -0.15) is 0 Å². The minimum absolute atomic E-state index is 0.208. The monoisotopic (exact) mass is 277 g/mol. The van der Waals surface area contributed by atoms with E-state index in [1.807, 2.05) is 26.2 Å². The maximum Gasteiger partial charge on any atom is 0.160 e. The van der Waals surface area contributed by atoms with E-state index >= 15 is 0 Å². The van der Waals surface area contributed by atoms with Crippen LogP contribution in [0.5, 0.6) is 5.75 Å². The van der Waals surface area contributed by atoms with E-state index in [1.54, 1.807) is 18.4 Å². The molecule has 20 heavy (non-hydrogen) atoms. The van der Waals surface area contributed by atoms with Gasteiger partial charge in [0.25, 0.3) is 0 Å². The summed E-state index contributed by atoms with van der Waals surface area (Å²) in [7, 11) is 4.02. The zero-order valence-corrected chi connectivity index (χ0v) is 12.0. The summed E-state index contributed by atoms with van der Waals surface area (Å²) < 4.78 is 24.7. The van der Waals surface area contributed by atoms with Gasteiger partial charge in [0.15, 0.2) is 6.10 Å². The van der Waals surface area contributed by atoms with E-state index in [4.69, 9.17) is 9.15 Å². The van der Waals surface area contributed by atoms with Crippen LogP contribution in [0.4, 0.5) is 4.39 Å². The summed E-state index contributed by atoms with van der Waals surface area (Å²) in [6.45, 7) is 2.94. The lowest BCUT2D eigenvalue weighted by Crippen LogP contribution is -2.27. The first-order valence-corrected chi connectivity index (χ1v) is 6.66. The number of furan rings is 1. The Morgan fingerprint density at radius 3 is 2.65 bits per heavy atom. The molecule has 3 nitrogen and oxygen atoms in total. The van der Waals surface area contributed by atoms with Crippen LogP contribution in [0.2, 0.25) is 0 Å². The molecule has 4 heteroatoms. The SMILES string of the molecule is CC(CN(C)C)C(Oc1cccc(F)c1)c1ccco1. The molecule has 108 valence electrons. The number of hydrogen-bond donors (Lipinski definition) is 0. The summed E-state index contributed by atoms with van der Waals surface area (Å²) in [6, 6.07) is 9.90. The first-order chi connectivity index (χ1) is 9.56. The van der Waals surface area contributed by atoms with Gasteiger partial charge in [0, 0.05) is 18.5 Å². The van der Waals surface area contributed by atoms with Crippen LogP contribution < -0.4 is 4.74 Å². The third-order valence-electron chi connectivity index (χ3n) is 3.05. The Bertz CT molecular complexity index is 525. The zero-order chi connectivity index (χ0) is 14.5. The molecule has 1 aromatic heterocycles. The van der Waals surface area contributed by atoms with Gasteiger partial charge in [-0.1, -0.05) is 13.0 Å². The highest BCUT2D eigenvalue weighted by Crippen LogP contribution is 2.29. The topological polar surface area (TPSA) is 25.6 Å². The summed E-state index contributed by atoms with van der Waals surface area (Å²) in [5.41, 5.74) is 0. The fourth-order valence-electron chi connectivity index (χ4n) is 2.27. The summed E-state index contributed by atoms with van der Waals surface area (Å²) in [5.74, 6) is 1.17. The van der Waals surface area contributed by atoms with Crippen LogP contribution in [0.1, 0.15) is 18.8 Å². The van der Waals surface area contributed by atoms with E-state index in [-0.39, 0.29) is 17.8 Å². The molecular formula is C16H20FNO2. The second-order valence-electron chi connectivity index (χ2n) is 5.25. The third kappa shape index (κ3) is 3.84. The van der Waals surface area contributed by atoms with Crippen molar-refractivity contribution in [2.45, 2.75) is 13.0 Å². The van der Waals surface area contributed by atoms with Crippen LogP contribution in [0.15, 0.2) is 47.1 Å². The lowest BCUT2D eigenvalue weighted by molar-refractivity contribution is 0.102. The summed E-state index contributed by atoms with van der Waals surface area (Å²) in [5, 5.41) is 0. The highest BCUT2D eigenvalue weighted by atomic mass is 19.1. The molecule has 1 aromatic carbocycles. The molecule has 0 bridgehead atoms. The molecule has 2 atom stereocenters. The predicted molar refractivity (Wildman–Crippen MR) is 76.2 cm³/mol. The summed E-state index contributed by atoms with van der Waals surface area (Å²) in [6.07, 6.45) is 1.38. The molecule has 0 amide bonds. The van der Waals surface area contributed by atoms with E-state index in [0.29, 0.717) is 5.75 Å². The van der Waals surface area contributed by atoms with Crippen LogP contribution in [0, 0.1) is 11.7 Å². The Labute approximate surface area is 119 Å². The first kappa shape index (κ1) is 14.6. The van der Waals surface area contributed by atoms with Gasteiger partial charge in [0.2, 0.25) is 0 Å². The van der Waals surface area contributed by atoms with E-state index in [1.165, 1.54) is 12.1 Å². The molecule has 0 aliphatic carbocycles. The summed E-state index contributed by atoms with van der Waals surface area (Å²) >= 11 is 0. The molecule has 2 unspecified atom stereocenters. The van der Waals surface area contributed by atoms with Crippen molar-refractivity contribution in [1.29, 1.82) is 0 Å². The number of ether oxygens (including phenoxy) is 1. The van der Waals surface area contributed by atoms with Gasteiger partial charge in [0.1, 0.15) is 17.3 Å². The van der Waals surface area contributed by atoms with Gasteiger partial charge >= 0.3 is 0 Å². The molecule has 0 spiro atoms. The largest absolute Gasteiger partial charge is 0.482 e. The Hall–Kier alpha value is -1.81. The lowest BCUT2D eigenvalue weighted by atomic mass is 10.0. The molecular weight excluding hydrogens is 257 g/mol. The molecule has 1 heterocycles. The van der Waals surface area contributed by atoms with Gasteiger partial charge < -0.3 is 14.1 Å². The van der Waals surface area contributed by atoms with Crippen LogP contribution >= 0.6 is 0 Å². The van der Waals surface area contributed by atoms with Crippen molar-refractivity contribution in [2.24, 2.45) is 5.92 Å². The average molecular weight is 277 g/mol. The second-order valence-corrected chi connectivity index (χ2v) is 5.25. The number of rotatable bonds is 6. The molecule has 2 aromatic rings. The minimum Gasteiger partial charge on any atom is -0.482 e. The van der Waals surface area contributed by atoms with Crippen molar-refractivity contribution in [1.82, 2.24) is 4.90 Å². The van der Waals surface area contributed by atoms with Crippen molar-refractivity contribution >= 4 is 0 Å². The molecule has 0 saturated carbocycles. The number of nitrogens with zero attached hydrogens (tertiary/aromatic N) is 1. The molecule has 0 fully saturated rings. The third-order valence-corrected chi connectivity index (χ3v) is 3.05. The van der Waals surface area contributed by atoms with Crippen LogP contribution in [0.3, 0.4) is 0 Å². The van der Waals surface area contributed by atoms with Gasteiger partial charge in [-0.25, -0.2) is 4.39 Å². The molecule has 0 aliphatic rings. The Balaban J connectivity index is 2.19. The standard InChI is InChI=1S/C16H20FNO2/c1-12(11-18(2)3)16(15-8-5-9-19-15)20-14-7-4-6-13(17)10-14/h4-10,12,16H,11H2,1-3H3. The van der Waals surface area contributed by atoms with E-state index in [9.17, 15) is 4.39 Å². The van der Waals surface area contributed by atoms with Gasteiger partial charge in [-0.15, -0.1) is 0 Å². The number of hydrogen-bond acceptors (Lipinski definition) is 3. The molecule has 0 N–H and O–H groups in total. The van der Waals surface area contributed by atoms with Crippen LogP contribution in [0.25, 0.3) is 0 Å². The first-order valence-electron chi connectivity index (χ1n) is 6.66. The average Bonchev–Trinajstić information content (AvgIpc) is 2.88. The predicted octanol–water partition coefficient (Wildman–Crippen LogP) is 3.74. The number of halogens is 1. The Morgan fingerprint density at radius 1 is 1.25 bits per heavy atom. The molecule has 0 radical (unpaired) electrons. The molecule has 0 saturated heterocycles. The van der Waals surface area contributed by atoms with Crippen molar-refractivity contribution in [3.05, 3.63) is 54.2 Å². The molecule has 2 rings (SSSR count). The summed E-state index contributed by atoms with van der Waals surface area (Å²) in [4.78, 5) is 2.09. The minimum atomic E-state index is -0.305. The molecule has 0 aliphatic heterocycles. The maximum absolute atomic E-state index is 13.3. The van der Waals surface area contributed by atoms with Crippen LogP contribution in [-0.2, 0) is 0 Å². The fraction of sp³-hybridized carbons (Fsp3) is 0.375. The van der Waals surface area contributed by atoms with Crippen molar-refractivity contribution in [3.8, 4) is 5.75 Å². The fourth-order valence-corrected chi connectivity index (χ4v) is 2.27. The normalized spacial score (nSPS) is 14.2. The van der Waals surface area contributed by atoms with E-state index < -0.39 is 0 Å². The van der Waals surface area contributed by atoms with Crippen molar-refractivity contribution in [3.63, 3.8) is 0 Å². The van der Waals surface area contributed by atoms with E-state index in [0.717, 1.165) is 12.3 Å². The zero-order valence-electron chi connectivity index (χ0n) is 12.0. The van der Waals surface area contributed by atoms with Crippen molar-refractivity contribution < 1.29 is 13.5 Å². The Morgan fingerprint density at radius 2 is 2.05 bits per heavy atom. The van der Waals surface area contributed by atoms with Crippen molar-refractivity contribution in [2.75, 3.05) is 20.6 Å². The van der Waals surface area contributed by atoms with E-state index in [2.05, 4.69) is 11.8 Å². The van der Waals surface area contributed by atoms with Gasteiger partial charge in [-0.3, -0.25) is 0 Å². The second kappa shape index (κ2) is 6.57. The highest BCUT2D eigenvalue weighted by Gasteiger charge is 2.24.